The molecule has 0 aliphatic heterocycles. The van der Waals surface area contributed by atoms with Gasteiger partial charge in [0.15, 0.2) is 0 Å². The summed E-state index contributed by atoms with van der Waals surface area (Å²) in [6, 6.07) is 0.777. The van der Waals surface area contributed by atoms with E-state index in [1.807, 2.05) is 0 Å². The van der Waals surface area contributed by atoms with Crippen LogP contribution in [0, 0.1) is 5.92 Å². The normalized spacial score (nSPS) is 11.6. The maximum absolute atomic E-state index is 3.70. The van der Waals surface area contributed by atoms with Gasteiger partial charge in [-0.15, -0.1) is 0 Å². The lowest BCUT2D eigenvalue weighted by Gasteiger charge is -2.17. The van der Waals surface area contributed by atoms with Gasteiger partial charge in [-0.1, -0.05) is 53.4 Å². The summed E-state index contributed by atoms with van der Waals surface area (Å²) in [5.74, 6) is 0.868. The third kappa shape index (κ3) is 10.2. The Kier molecular flexibility index (Phi) is 10.4. The second kappa shape index (κ2) is 10.5. The quantitative estimate of drug-likeness (QED) is 0.531. The van der Waals surface area contributed by atoms with Gasteiger partial charge in [0.05, 0.1) is 0 Å². The summed E-state index contributed by atoms with van der Waals surface area (Å²) in [4.78, 5) is 0. The number of hydrogen-bond donors (Lipinski definition) is 1. The van der Waals surface area contributed by atoms with E-state index < -0.39 is 0 Å². The number of unbranched alkanes of at least 4 members (excludes halogenated alkanes) is 1. The van der Waals surface area contributed by atoms with Crippen molar-refractivity contribution in [3.05, 3.63) is 0 Å². The van der Waals surface area contributed by atoms with E-state index in [1.54, 1.807) is 0 Å². The Bertz CT molecular complexity index is 115. The molecular formula is C14H31N. The summed E-state index contributed by atoms with van der Waals surface area (Å²) >= 11 is 0. The van der Waals surface area contributed by atoms with Gasteiger partial charge in [-0.3, -0.25) is 0 Å². The molecule has 92 valence electrons. The van der Waals surface area contributed by atoms with E-state index in [9.17, 15) is 0 Å². The Morgan fingerprint density at radius 3 is 1.93 bits per heavy atom. The van der Waals surface area contributed by atoms with Crippen molar-refractivity contribution in [1.29, 1.82) is 0 Å². The molecule has 0 saturated heterocycles. The first-order chi connectivity index (χ1) is 7.20. The third-order valence-corrected chi connectivity index (χ3v) is 2.92. The molecule has 0 fully saturated rings. The lowest BCUT2D eigenvalue weighted by atomic mass is 10.0. The van der Waals surface area contributed by atoms with Crippen LogP contribution in [0.5, 0.6) is 0 Å². The summed E-state index contributed by atoms with van der Waals surface area (Å²) in [7, 11) is 0. The molecule has 0 heterocycles. The highest BCUT2D eigenvalue weighted by molar-refractivity contribution is 4.65. The summed E-state index contributed by atoms with van der Waals surface area (Å²) in [6.07, 6.45) is 9.43. The predicted molar refractivity (Wildman–Crippen MR) is 70.3 cm³/mol. The van der Waals surface area contributed by atoms with Crippen molar-refractivity contribution in [2.45, 2.75) is 78.7 Å². The second-order valence-corrected chi connectivity index (χ2v) is 5.12. The largest absolute Gasteiger partial charge is 0.314 e. The van der Waals surface area contributed by atoms with Crippen LogP contribution in [0.25, 0.3) is 0 Å². The van der Waals surface area contributed by atoms with Crippen LogP contribution in [-0.4, -0.2) is 12.6 Å². The standard InChI is InChI=1S/C14H31N/c1-5-9-14(10-6-2)15-12-8-7-11-13(3)4/h13-15H,5-12H2,1-4H3. The van der Waals surface area contributed by atoms with Crippen molar-refractivity contribution in [3.8, 4) is 0 Å². The van der Waals surface area contributed by atoms with Gasteiger partial charge in [0.1, 0.15) is 0 Å². The van der Waals surface area contributed by atoms with Crippen molar-refractivity contribution in [2.24, 2.45) is 5.92 Å². The molecule has 0 unspecified atom stereocenters. The van der Waals surface area contributed by atoms with Gasteiger partial charge < -0.3 is 5.32 Å². The molecule has 0 spiro atoms. The van der Waals surface area contributed by atoms with Crippen LogP contribution >= 0.6 is 0 Å². The number of hydrogen-bond acceptors (Lipinski definition) is 1. The maximum Gasteiger partial charge on any atom is 0.00668 e. The minimum atomic E-state index is 0.777. The highest BCUT2D eigenvalue weighted by Crippen LogP contribution is 2.07. The average molecular weight is 213 g/mol. The van der Waals surface area contributed by atoms with E-state index in [0.29, 0.717) is 0 Å². The fourth-order valence-corrected chi connectivity index (χ4v) is 2.03. The van der Waals surface area contributed by atoms with Crippen LogP contribution in [0.1, 0.15) is 72.6 Å². The molecule has 0 aromatic rings. The molecule has 0 radical (unpaired) electrons. The molecule has 0 rings (SSSR count). The molecule has 1 N–H and O–H groups in total. The molecule has 0 aromatic carbocycles. The van der Waals surface area contributed by atoms with Gasteiger partial charge >= 0.3 is 0 Å². The predicted octanol–water partition coefficient (Wildman–Crippen LogP) is 4.37. The molecule has 0 bridgehead atoms. The molecule has 0 atom stereocenters. The smallest absolute Gasteiger partial charge is 0.00668 e. The van der Waals surface area contributed by atoms with Gasteiger partial charge in [-0.2, -0.15) is 0 Å². The van der Waals surface area contributed by atoms with Crippen molar-refractivity contribution in [3.63, 3.8) is 0 Å². The van der Waals surface area contributed by atoms with Crippen LogP contribution in [-0.2, 0) is 0 Å². The SMILES string of the molecule is CCCC(CCC)NCCCCC(C)C. The average Bonchev–Trinajstić information content (AvgIpc) is 2.17. The summed E-state index contributed by atoms with van der Waals surface area (Å²) in [6.45, 7) is 10.4. The minimum Gasteiger partial charge on any atom is -0.314 e. The van der Waals surface area contributed by atoms with Gasteiger partial charge in [0.25, 0.3) is 0 Å². The van der Waals surface area contributed by atoms with Crippen LogP contribution in [0.2, 0.25) is 0 Å². The van der Waals surface area contributed by atoms with Crippen LogP contribution < -0.4 is 5.32 Å². The lowest BCUT2D eigenvalue weighted by molar-refractivity contribution is 0.429. The van der Waals surface area contributed by atoms with Crippen molar-refractivity contribution >= 4 is 0 Å². The molecule has 1 heteroatoms. The molecule has 1 nitrogen and oxygen atoms in total. The van der Waals surface area contributed by atoms with Crippen LogP contribution in [0.3, 0.4) is 0 Å². The zero-order valence-electron chi connectivity index (χ0n) is 11.3. The number of nitrogens with one attached hydrogen (secondary N) is 1. The molecule has 0 aliphatic carbocycles. The fraction of sp³-hybridized carbons (Fsp3) is 1.00. The second-order valence-electron chi connectivity index (χ2n) is 5.12. The van der Waals surface area contributed by atoms with Gasteiger partial charge in [-0.05, 0) is 31.7 Å². The first-order valence-electron chi connectivity index (χ1n) is 6.94. The Hall–Kier alpha value is -0.0400. The summed E-state index contributed by atoms with van der Waals surface area (Å²) in [5.41, 5.74) is 0. The van der Waals surface area contributed by atoms with Gasteiger partial charge in [0.2, 0.25) is 0 Å². The van der Waals surface area contributed by atoms with E-state index >= 15 is 0 Å². The fourth-order valence-electron chi connectivity index (χ4n) is 2.03. The molecule has 0 aromatic heterocycles. The van der Waals surface area contributed by atoms with E-state index in [-0.39, 0.29) is 0 Å². The van der Waals surface area contributed by atoms with Crippen LogP contribution in [0.4, 0.5) is 0 Å². The first kappa shape index (κ1) is 15.0. The van der Waals surface area contributed by atoms with E-state index in [4.69, 9.17) is 0 Å². The topological polar surface area (TPSA) is 12.0 Å². The highest BCUT2D eigenvalue weighted by atomic mass is 14.9. The Morgan fingerprint density at radius 1 is 0.867 bits per heavy atom. The number of rotatable bonds is 10. The zero-order valence-corrected chi connectivity index (χ0v) is 11.3. The summed E-state index contributed by atoms with van der Waals surface area (Å²) in [5, 5.41) is 3.70. The lowest BCUT2D eigenvalue weighted by Crippen LogP contribution is -2.29. The Morgan fingerprint density at radius 2 is 1.47 bits per heavy atom. The van der Waals surface area contributed by atoms with Gasteiger partial charge in [0, 0.05) is 6.04 Å². The van der Waals surface area contributed by atoms with Gasteiger partial charge in [-0.25, -0.2) is 0 Å². The molecule has 15 heavy (non-hydrogen) atoms. The Labute approximate surface area is 97.0 Å². The molecule has 0 aliphatic rings. The van der Waals surface area contributed by atoms with E-state index in [2.05, 4.69) is 33.0 Å². The molecule has 0 amide bonds. The van der Waals surface area contributed by atoms with Crippen molar-refractivity contribution in [1.82, 2.24) is 5.32 Å². The monoisotopic (exact) mass is 213 g/mol. The van der Waals surface area contributed by atoms with Crippen molar-refractivity contribution < 1.29 is 0 Å². The summed E-state index contributed by atoms with van der Waals surface area (Å²) < 4.78 is 0. The molecular weight excluding hydrogens is 182 g/mol. The van der Waals surface area contributed by atoms with E-state index in [0.717, 1.165) is 12.0 Å². The first-order valence-corrected chi connectivity index (χ1v) is 6.94. The Balaban J connectivity index is 3.36. The zero-order chi connectivity index (χ0) is 11.5. The van der Waals surface area contributed by atoms with Crippen LogP contribution in [0.15, 0.2) is 0 Å². The minimum absolute atomic E-state index is 0.777. The van der Waals surface area contributed by atoms with E-state index in [1.165, 1.54) is 51.5 Å². The van der Waals surface area contributed by atoms with Crippen molar-refractivity contribution in [2.75, 3.05) is 6.54 Å². The highest BCUT2D eigenvalue weighted by Gasteiger charge is 2.04. The molecule has 0 saturated carbocycles. The third-order valence-electron chi connectivity index (χ3n) is 2.92. The maximum atomic E-state index is 3.70.